The van der Waals surface area contributed by atoms with E-state index in [4.69, 9.17) is 9.57 Å². The van der Waals surface area contributed by atoms with Crippen LogP contribution in [0, 0.1) is 0 Å². The van der Waals surface area contributed by atoms with Crippen LogP contribution in [0.25, 0.3) is 0 Å². The van der Waals surface area contributed by atoms with Gasteiger partial charge in [0.2, 0.25) is 0 Å². The second kappa shape index (κ2) is 5.63. The molecule has 0 radical (unpaired) electrons. The molecule has 86 valence electrons. The molecule has 0 bridgehead atoms. The highest BCUT2D eigenvalue weighted by Crippen LogP contribution is 2.09. The van der Waals surface area contributed by atoms with Crippen LogP contribution in [-0.2, 0) is 9.57 Å². The van der Waals surface area contributed by atoms with Crippen LogP contribution in [0.4, 0.5) is 0 Å². The van der Waals surface area contributed by atoms with E-state index in [1.807, 2.05) is 18.2 Å². The van der Waals surface area contributed by atoms with Crippen LogP contribution >= 0.6 is 0 Å². The van der Waals surface area contributed by atoms with Crippen molar-refractivity contribution in [2.24, 2.45) is 0 Å². The van der Waals surface area contributed by atoms with Gasteiger partial charge in [0.15, 0.2) is 0 Å². The molecule has 1 amide bonds. The van der Waals surface area contributed by atoms with E-state index in [-0.39, 0.29) is 12.0 Å². The summed E-state index contributed by atoms with van der Waals surface area (Å²) in [5, 5.41) is 0. The summed E-state index contributed by atoms with van der Waals surface area (Å²) in [6.45, 7) is 1.40. The number of benzene rings is 1. The first kappa shape index (κ1) is 11.1. The van der Waals surface area contributed by atoms with E-state index in [1.54, 1.807) is 12.1 Å². The van der Waals surface area contributed by atoms with Gasteiger partial charge in [0.05, 0.1) is 6.10 Å². The fourth-order valence-corrected chi connectivity index (χ4v) is 1.58. The summed E-state index contributed by atoms with van der Waals surface area (Å²) in [6.07, 6.45) is 1.73. The standard InChI is InChI=1S/C12H15NO3/c14-12(10-4-2-1-3-5-10)13-16-11-6-8-15-9-7-11/h1-5,11H,6-9H2,(H,13,14). The topological polar surface area (TPSA) is 47.6 Å². The molecular formula is C12H15NO3. The molecule has 1 aromatic carbocycles. The Bertz CT molecular complexity index is 333. The summed E-state index contributed by atoms with van der Waals surface area (Å²) in [5.74, 6) is -0.202. The van der Waals surface area contributed by atoms with Gasteiger partial charge in [-0.15, -0.1) is 0 Å². The van der Waals surface area contributed by atoms with Gasteiger partial charge in [-0.25, -0.2) is 5.48 Å². The lowest BCUT2D eigenvalue weighted by Gasteiger charge is -2.21. The van der Waals surface area contributed by atoms with Gasteiger partial charge in [-0.05, 0) is 25.0 Å². The molecule has 1 heterocycles. The smallest absolute Gasteiger partial charge is 0.274 e. The van der Waals surface area contributed by atoms with Crippen LogP contribution in [0.2, 0.25) is 0 Å². The number of hydrogen-bond donors (Lipinski definition) is 1. The molecule has 1 fully saturated rings. The highest BCUT2D eigenvalue weighted by molar-refractivity contribution is 5.93. The van der Waals surface area contributed by atoms with Gasteiger partial charge in [0.1, 0.15) is 0 Å². The average Bonchev–Trinajstić information content (AvgIpc) is 2.38. The minimum absolute atomic E-state index is 0.0708. The first-order valence-corrected chi connectivity index (χ1v) is 5.45. The minimum atomic E-state index is -0.202. The van der Waals surface area contributed by atoms with E-state index in [9.17, 15) is 4.79 Å². The molecule has 0 aliphatic carbocycles. The lowest BCUT2D eigenvalue weighted by atomic mass is 10.2. The average molecular weight is 221 g/mol. The molecule has 1 aliphatic rings. The number of rotatable bonds is 3. The molecule has 4 nitrogen and oxygen atoms in total. The zero-order valence-electron chi connectivity index (χ0n) is 9.02. The number of hydrogen-bond acceptors (Lipinski definition) is 3. The molecule has 0 unspecified atom stereocenters. The number of carbonyl (C=O) groups is 1. The summed E-state index contributed by atoms with van der Waals surface area (Å²) in [5.41, 5.74) is 3.08. The number of ether oxygens (including phenoxy) is 1. The Hall–Kier alpha value is -1.39. The van der Waals surface area contributed by atoms with E-state index in [1.165, 1.54) is 0 Å². The molecule has 2 rings (SSSR count). The van der Waals surface area contributed by atoms with Crippen LogP contribution in [0.3, 0.4) is 0 Å². The van der Waals surface area contributed by atoms with Crippen molar-refractivity contribution < 1.29 is 14.4 Å². The Morgan fingerprint density at radius 1 is 1.25 bits per heavy atom. The summed E-state index contributed by atoms with van der Waals surface area (Å²) in [4.78, 5) is 16.9. The summed E-state index contributed by atoms with van der Waals surface area (Å²) < 4.78 is 5.20. The summed E-state index contributed by atoms with van der Waals surface area (Å²) >= 11 is 0. The van der Waals surface area contributed by atoms with Gasteiger partial charge in [-0.3, -0.25) is 9.63 Å². The molecule has 0 aromatic heterocycles. The van der Waals surface area contributed by atoms with Gasteiger partial charge in [0, 0.05) is 18.8 Å². The molecule has 4 heteroatoms. The molecule has 1 saturated heterocycles. The zero-order valence-corrected chi connectivity index (χ0v) is 9.02. The second-order valence-electron chi connectivity index (χ2n) is 3.73. The van der Waals surface area contributed by atoms with Crippen LogP contribution in [-0.4, -0.2) is 25.2 Å². The van der Waals surface area contributed by atoms with Crippen molar-refractivity contribution in [2.75, 3.05) is 13.2 Å². The van der Waals surface area contributed by atoms with Crippen molar-refractivity contribution in [3.63, 3.8) is 0 Å². The molecular weight excluding hydrogens is 206 g/mol. The summed E-state index contributed by atoms with van der Waals surface area (Å²) in [7, 11) is 0. The Morgan fingerprint density at radius 3 is 2.62 bits per heavy atom. The molecule has 0 atom stereocenters. The SMILES string of the molecule is O=C(NOC1CCOCC1)c1ccccc1. The summed E-state index contributed by atoms with van der Waals surface area (Å²) in [6, 6.07) is 9.02. The predicted molar refractivity (Wildman–Crippen MR) is 58.8 cm³/mol. The van der Waals surface area contributed by atoms with Gasteiger partial charge < -0.3 is 4.74 Å². The third-order valence-electron chi connectivity index (χ3n) is 2.52. The quantitative estimate of drug-likeness (QED) is 0.787. The Labute approximate surface area is 94.5 Å². The molecule has 1 aromatic rings. The normalized spacial score (nSPS) is 17.0. The molecule has 0 spiro atoms. The maximum absolute atomic E-state index is 11.6. The number of hydroxylamine groups is 1. The fourth-order valence-electron chi connectivity index (χ4n) is 1.58. The van der Waals surface area contributed by atoms with Crippen LogP contribution in [0.15, 0.2) is 30.3 Å². The monoisotopic (exact) mass is 221 g/mol. The van der Waals surface area contributed by atoms with Crippen molar-refractivity contribution in [2.45, 2.75) is 18.9 Å². The van der Waals surface area contributed by atoms with Crippen LogP contribution in [0.5, 0.6) is 0 Å². The van der Waals surface area contributed by atoms with Crippen molar-refractivity contribution in [3.05, 3.63) is 35.9 Å². The maximum Gasteiger partial charge on any atom is 0.274 e. The predicted octanol–water partition coefficient (Wildman–Crippen LogP) is 1.53. The number of amides is 1. The molecule has 1 aliphatic heterocycles. The zero-order chi connectivity index (χ0) is 11.2. The van der Waals surface area contributed by atoms with Gasteiger partial charge in [-0.2, -0.15) is 0 Å². The fraction of sp³-hybridized carbons (Fsp3) is 0.417. The maximum atomic E-state index is 11.6. The van der Waals surface area contributed by atoms with E-state index >= 15 is 0 Å². The number of nitrogens with one attached hydrogen (secondary N) is 1. The third-order valence-corrected chi connectivity index (χ3v) is 2.52. The third kappa shape index (κ3) is 3.05. The first-order valence-electron chi connectivity index (χ1n) is 5.45. The van der Waals surface area contributed by atoms with E-state index < -0.39 is 0 Å². The highest BCUT2D eigenvalue weighted by Gasteiger charge is 2.15. The molecule has 1 N–H and O–H groups in total. The second-order valence-corrected chi connectivity index (χ2v) is 3.73. The lowest BCUT2D eigenvalue weighted by Crippen LogP contribution is -2.33. The van der Waals surface area contributed by atoms with E-state index in [0.717, 1.165) is 12.8 Å². The van der Waals surface area contributed by atoms with Crippen molar-refractivity contribution >= 4 is 5.91 Å². The van der Waals surface area contributed by atoms with Crippen molar-refractivity contribution in [1.29, 1.82) is 0 Å². The van der Waals surface area contributed by atoms with E-state index in [2.05, 4.69) is 5.48 Å². The number of carbonyl (C=O) groups excluding carboxylic acids is 1. The molecule has 0 saturated carbocycles. The first-order chi connectivity index (χ1) is 7.86. The molecule has 16 heavy (non-hydrogen) atoms. The van der Waals surface area contributed by atoms with Crippen LogP contribution in [0.1, 0.15) is 23.2 Å². The minimum Gasteiger partial charge on any atom is -0.381 e. The van der Waals surface area contributed by atoms with E-state index in [0.29, 0.717) is 18.8 Å². The Kier molecular flexibility index (Phi) is 3.91. The Balaban J connectivity index is 1.79. The van der Waals surface area contributed by atoms with Crippen molar-refractivity contribution in [3.8, 4) is 0 Å². The van der Waals surface area contributed by atoms with Gasteiger partial charge in [0.25, 0.3) is 5.91 Å². The Morgan fingerprint density at radius 2 is 1.94 bits per heavy atom. The van der Waals surface area contributed by atoms with Gasteiger partial charge >= 0.3 is 0 Å². The highest BCUT2D eigenvalue weighted by atomic mass is 16.7. The van der Waals surface area contributed by atoms with Crippen molar-refractivity contribution in [1.82, 2.24) is 5.48 Å². The van der Waals surface area contributed by atoms with Gasteiger partial charge in [-0.1, -0.05) is 18.2 Å². The lowest BCUT2D eigenvalue weighted by molar-refractivity contribution is -0.0673. The van der Waals surface area contributed by atoms with Crippen LogP contribution < -0.4 is 5.48 Å². The largest absolute Gasteiger partial charge is 0.381 e.